The van der Waals surface area contributed by atoms with E-state index in [4.69, 9.17) is 10.5 Å². The van der Waals surface area contributed by atoms with E-state index < -0.39 is 11.5 Å². The average Bonchev–Trinajstić information content (AvgIpc) is 2.68. The van der Waals surface area contributed by atoms with Crippen LogP contribution < -0.4 is 16.0 Å². The number of benzene rings is 1. The third kappa shape index (κ3) is 2.81. The van der Waals surface area contributed by atoms with Crippen LogP contribution in [0.25, 0.3) is 11.1 Å². The van der Waals surface area contributed by atoms with Gasteiger partial charge in [-0.15, -0.1) is 0 Å². The maximum Gasteiger partial charge on any atom is 0.258 e. The Morgan fingerprint density at radius 3 is 2.74 bits per heavy atom. The van der Waals surface area contributed by atoms with Crippen LogP contribution in [0.2, 0.25) is 0 Å². The topological polar surface area (TPSA) is 118 Å². The number of hydrogen-bond donors (Lipinski definition) is 2. The fourth-order valence-electron chi connectivity index (χ4n) is 3.04. The first kappa shape index (κ1) is 16.5. The molecule has 0 bridgehead atoms. The van der Waals surface area contributed by atoms with Gasteiger partial charge in [-0.3, -0.25) is 9.78 Å². The first-order valence-corrected chi connectivity index (χ1v) is 7.94. The SMILES string of the molecule is N#CC1=C(N)Oc2nc[nH]c(=O)c2[C@@H]1c1cncc(-c2ccc(F)cc2)c1. The molecule has 0 saturated heterocycles. The number of nitrogens with two attached hydrogens (primary N) is 1. The van der Waals surface area contributed by atoms with Crippen molar-refractivity contribution in [2.75, 3.05) is 0 Å². The molecule has 0 unspecified atom stereocenters. The quantitative estimate of drug-likeness (QED) is 0.722. The van der Waals surface area contributed by atoms with E-state index in [1.54, 1.807) is 30.6 Å². The van der Waals surface area contributed by atoms with Crippen molar-refractivity contribution in [1.29, 1.82) is 5.26 Å². The number of pyridine rings is 1. The number of rotatable bonds is 2. The fraction of sp³-hybridized carbons (Fsp3) is 0.0526. The van der Waals surface area contributed by atoms with Gasteiger partial charge in [0.25, 0.3) is 5.56 Å². The van der Waals surface area contributed by atoms with Crippen LogP contribution in [-0.2, 0) is 0 Å². The van der Waals surface area contributed by atoms with Crippen molar-refractivity contribution >= 4 is 0 Å². The lowest BCUT2D eigenvalue weighted by atomic mass is 9.85. The highest BCUT2D eigenvalue weighted by Crippen LogP contribution is 2.39. The zero-order valence-electron chi connectivity index (χ0n) is 13.8. The monoisotopic (exact) mass is 361 g/mol. The summed E-state index contributed by atoms with van der Waals surface area (Å²) >= 11 is 0. The second kappa shape index (κ2) is 6.38. The third-order valence-corrected chi connectivity index (χ3v) is 4.29. The largest absolute Gasteiger partial charge is 0.422 e. The van der Waals surface area contributed by atoms with Crippen molar-refractivity contribution in [3.8, 4) is 23.1 Å². The van der Waals surface area contributed by atoms with Crippen LogP contribution in [-0.4, -0.2) is 15.0 Å². The van der Waals surface area contributed by atoms with Gasteiger partial charge in [-0.05, 0) is 29.3 Å². The van der Waals surface area contributed by atoms with E-state index in [-0.39, 0.29) is 28.7 Å². The molecule has 0 radical (unpaired) electrons. The Hall–Kier alpha value is -3.99. The predicted molar refractivity (Wildman–Crippen MR) is 93.8 cm³/mol. The first-order valence-electron chi connectivity index (χ1n) is 7.94. The molecule has 27 heavy (non-hydrogen) atoms. The van der Waals surface area contributed by atoms with Crippen LogP contribution in [0.5, 0.6) is 5.88 Å². The second-order valence-electron chi connectivity index (χ2n) is 5.89. The number of hydrogen-bond acceptors (Lipinski definition) is 6. The summed E-state index contributed by atoms with van der Waals surface area (Å²) in [7, 11) is 0. The van der Waals surface area contributed by atoms with Gasteiger partial charge >= 0.3 is 0 Å². The zero-order chi connectivity index (χ0) is 19.0. The molecule has 1 aliphatic heterocycles. The van der Waals surface area contributed by atoms with Crippen LogP contribution in [0.15, 0.2) is 65.3 Å². The number of allylic oxidation sites excluding steroid dienone is 1. The van der Waals surface area contributed by atoms with Crippen molar-refractivity contribution < 1.29 is 9.13 Å². The maximum absolute atomic E-state index is 13.2. The van der Waals surface area contributed by atoms with Crippen molar-refractivity contribution in [3.63, 3.8) is 0 Å². The molecule has 0 aliphatic carbocycles. The van der Waals surface area contributed by atoms with E-state index in [9.17, 15) is 14.4 Å². The molecule has 4 rings (SSSR count). The van der Waals surface area contributed by atoms with E-state index in [0.717, 1.165) is 5.56 Å². The number of halogens is 1. The molecule has 3 aromatic rings. The number of nitrogens with one attached hydrogen (secondary N) is 1. The molecular formula is C19H12FN5O2. The summed E-state index contributed by atoms with van der Waals surface area (Å²) in [5.74, 6) is -1.18. The molecule has 1 aliphatic rings. The molecular weight excluding hydrogens is 349 g/mol. The Morgan fingerprint density at radius 1 is 1.22 bits per heavy atom. The van der Waals surface area contributed by atoms with Crippen LogP contribution in [0.4, 0.5) is 4.39 Å². The van der Waals surface area contributed by atoms with Gasteiger partial charge in [0.15, 0.2) is 0 Å². The lowest BCUT2D eigenvalue weighted by molar-refractivity contribution is 0.375. The lowest BCUT2D eigenvalue weighted by Crippen LogP contribution is -2.28. The van der Waals surface area contributed by atoms with Gasteiger partial charge in [-0.25, -0.2) is 9.37 Å². The summed E-state index contributed by atoms with van der Waals surface area (Å²) in [6.07, 6.45) is 4.36. The highest BCUT2D eigenvalue weighted by molar-refractivity contribution is 5.64. The summed E-state index contributed by atoms with van der Waals surface area (Å²) in [6, 6.07) is 9.72. The Kier molecular flexibility index (Phi) is 3.90. The highest BCUT2D eigenvalue weighted by Gasteiger charge is 2.34. The van der Waals surface area contributed by atoms with E-state index >= 15 is 0 Å². The maximum atomic E-state index is 13.2. The highest BCUT2D eigenvalue weighted by atomic mass is 19.1. The summed E-state index contributed by atoms with van der Waals surface area (Å²) in [5.41, 5.74) is 7.73. The smallest absolute Gasteiger partial charge is 0.258 e. The van der Waals surface area contributed by atoms with Crippen LogP contribution in [0, 0.1) is 17.1 Å². The summed E-state index contributed by atoms with van der Waals surface area (Å²) in [6.45, 7) is 0. The average molecular weight is 361 g/mol. The van der Waals surface area contributed by atoms with Crippen molar-refractivity contribution in [3.05, 3.63) is 87.8 Å². The zero-order valence-corrected chi connectivity index (χ0v) is 13.8. The van der Waals surface area contributed by atoms with Gasteiger partial charge in [-0.1, -0.05) is 12.1 Å². The van der Waals surface area contributed by atoms with Gasteiger partial charge in [0, 0.05) is 18.0 Å². The Morgan fingerprint density at radius 2 is 2.00 bits per heavy atom. The van der Waals surface area contributed by atoms with Crippen molar-refractivity contribution in [1.82, 2.24) is 15.0 Å². The molecule has 2 aromatic heterocycles. The molecule has 1 aromatic carbocycles. The van der Waals surface area contributed by atoms with Crippen LogP contribution in [0.3, 0.4) is 0 Å². The molecule has 132 valence electrons. The molecule has 0 saturated carbocycles. The fourth-order valence-corrected chi connectivity index (χ4v) is 3.04. The van der Waals surface area contributed by atoms with Crippen molar-refractivity contribution in [2.24, 2.45) is 5.73 Å². The second-order valence-corrected chi connectivity index (χ2v) is 5.89. The number of fused-ring (bicyclic) bond motifs is 1. The minimum atomic E-state index is -0.774. The molecule has 0 fully saturated rings. The number of aromatic nitrogens is 3. The standard InChI is InChI=1S/C19H12FN5O2/c20-13-3-1-10(2-4-13)11-5-12(8-23-7-11)15-14(6-21)17(22)27-19-16(15)18(26)24-9-25-19/h1-5,7-9,15H,22H2,(H,24,25,26)/t15-/m1/s1. The number of nitriles is 1. The normalized spacial score (nSPS) is 15.6. The van der Waals surface area contributed by atoms with E-state index in [0.29, 0.717) is 11.1 Å². The minimum Gasteiger partial charge on any atom is -0.422 e. The number of aromatic amines is 1. The first-order chi connectivity index (χ1) is 13.1. The molecule has 3 N–H and O–H groups in total. The van der Waals surface area contributed by atoms with E-state index in [1.807, 2.05) is 6.07 Å². The van der Waals surface area contributed by atoms with Gasteiger partial charge in [0.1, 0.15) is 17.5 Å². The molecule has 1 atom stereocenters. The number of H-pyrrole nitrogens is 1. The van der Waals surface area contributed by atoms with Gasteiger partial charge in [-0.2, -0.15) is 5.26 Å². The Labute approximate surface area is 152 Å². The summed E-state index contributed by atoms with van der Waals surface area (Å²) in [5, 5.41) is 9.56. The molecule has 0 amide bonds. The molecule has 7 nitrogen and oxygen atoms in total. The minimum absolute atomic E-state index is 0.0486. The summed E-state index contributed by atoms with van der Waals surface area (Å²) < 4.78 is 18.5. The Bertz CT molecular complexity index is 1160. The third-order valence-electron chi connectivity index (χ3n) is 4.29. The number of nitrogens with zero attached hydrogens (tertiary/aromatic N) is 3. The van der Waals surface area contributed by atoms with Crippen molar-refractivity contribution in [2.45, 2.75) is 5.92 Å². The molecule has 0 spiro atoms. The lowest BCUT2D eigenvalue weighted by Gasteiger charge is -2.24. The van der Waals surface area contributed by atoms with Crippen LogP contribution in [0.1, 0.15) is 17.0 Å². The van der Waals surface area contributed by atoms with E-state index in [2.05, 4.69) is 15.0 Å². The van der Waals surface area contributed by atoms with Gasteiger partial charge in [0.05, 0.1) is 17.8 Å². The number of ether oxygens (including phenoxy) is 1. The van der Waals surface area contributed by atoms with Gasteiger partial charge in [0.2, 0.25) is 11.8 Å². The Balaban J connectivity index is 1.90. The van der Waals surface area contributed by atoms with Gasteiger partial charge < -0.3 is 15.5 Å². The predicted octanol–water partition coefficient (Wildman–Crippen LogP) is 2.19. The summed E-state index contributed by atoms with van der Waals surface area (Å²) in [4.78, 5) is 23.1. The molecule has 8 heteroatoms. The van der Waals surface area contributed by atoms with E-state index in [1.165, 1.54) is 18.5 Å². The molecule has 3 heterocycles. The van der Waals surface area contributed by atoms with Crippen LogP contribution >= 0.6 is 0 Å².